The van der Waals surface area contributed by atoms with Gasteiger partial charge in [-0.15, -0.1) is 0 Å². The van der Waals surface area contributed by atoms with Gasteiger partial charge in [-0.1, -0.05) is 30.3 Å². The predicted molar refractivity (Wildman–Crippen MR) is 81.4 cm³/mol. The zero-order valence-electron chi connectivity index (χ0n) is 11.6. The van der Waals surface area contributed by atoms with Crippen molar-refractivity contribution in [1.29, 1.82) is 0 Å². The molecule has 1 aromatic carbocycles. The van der Waals surface area contributed by atoms with Gasteiger partial charge in [0.15, 0.2) is 0 Å². The molecule has 3 rings (SSSR count). The molecule has 106 valence electrons. The maximum atomic E-state index is 10.4. The van der Waals surface area contributed by atoms with Crippen LogP contribution in [-0.2, 0) is 16.0 Å². The first-order valence-corrected chi connectivity index (χ1v) is 6.60. The van der Waals surface area contributed by atoms with E-state index in [4.69, 9.17) is 4.74 Å². The SMILES string of the molecule is COC1=CC=C(c2cnc(NC=O)[nH]2)Cc2ccccc21. The van der Waals surface area contributed by atoms with Crippen molar-refractivity contribution in [2.24, 2.45) is 0 Å². The number of carbonyl (C=O) groups is 1. The van der Waals surface area contributed by atoms with Crippen molar-refractivity contribution in [3.05, 3.63) is 59.4 Å². The van der Waals surface area contributed by atoms with Crippen LogP contribution in [-0.4, -0.2) is 23.5 Å². The van der Waals surface area contributed by atoms with Crippen molar-refractivity contribution in [3.63, 3.8) is 0 Å². The van der Waals surface area contributed by atoms with Gasteiger partial charge in [-0.05, 0) is 17.2 Å². The smallest absolute Gasteiger partial charge is 0.213 e. The molecule has 1 aliphatic carbocycles. The van der Waals surface area contributed by atoms with Gasteiger partial charge in [0.2, 0.25) is 12.4 Å². The van der Waals surface area contributed by atoms with Crippen LogP contribution >= 0.6 is 0 Å². The van der Waals surface area contributed by atoms with E-state index in [1.165, 1.54) is 5.56 Å². The number of H-pyrrole nitrogens is 1. The molecule has 1 heterocycles. The summed E-state index contributed by atoms with van der Waals surface area (Å²) in [5.41, 5.74) is 4.24. The summed E-state index contributed by atoms with van der Waals surface area (Å²) in [7, 11) is 1.67. The number of ether oxygens (including phenoxy) is 1. The number of hydrogen-bond acceptors (Lipinski definition) is 3. The number of rotatable bonds is 4. The normalized spacial score (nSPS) is 13.6. The van der Waals surface area contributed by atoms with Crippen LogP contribution in [0.1, 0.15) is 16.8 Å². The largest absolute Gasteiger partial charge is 0.496 e. The maximum absolute atomic E-state index is 10.4. The molecule has 0 saturated heterocycles. The molecule has 0 aliphatic heterocycles. The Balaban J connectivity index is 1.99. The molecular weight excluding hydrogens is 266 g/mol. The lowest BCUT2D eigenvalue weighted by atomic mass is 10.00. The van der Waals surface area contributed by atoms with E-state index in [2.05, 4.69) is 21.4 Å². The summed E-state index contributed by atoms with van der Waals surface area (Å²) in [4.78, 5) is 17.6. The van der Waals surface area contributed by atoms with Crippen LogP contribution in [0.2, 0.25) is 0 Å². The van der Waals surface area contributed by atoms with Crippen LogP contribution in [0.4, 0.5) is 5.95 Å². The highest BCUT2D eigenvalue weighted by Crippen LogP contribution is 2.29. The Hall–Kier alpha value is -2.82. The minimum absolute atomic E-state index is 0.439. The van der Waals surface area contributed by atoms with Crippen LogP contribution in [0, 0.1) is 0 Å². The van der Waals surface area contributed by atoms with Crippen molar-refractivity contribution in [2.75, 3.05) is 12.4 Å². The molecule has 2 aromatic rings. The summed E-state index contributed by atoms with van der Waals surface area (Å²) in [6.45, 7) is 0. The summed E-state index contributed by atoms with van der Waals surface area (Å²) in [5.74, 6) is 1.28. The number of benzene rings is 1. The summed E-state index contributed by atoms with van der Waals surface area (Å²) in [5, 5.41) is 2.51. The monoisotopic (exact) mass is 281 g/mol. The molecular formula is C16H15N3O2. The molecule has 0 fully saturated rings. The number of aromatic nitrogens is 2. The summed E-state index contributed by atoms with van der Waals surface area (Å²) in [6.07, 6.45) is 7.04. The molecule has 0 atom stereocenters. The first-order chi connectivity index (χ1) is 10.3. The Kier molecular flexibility index (Phi) is 3.55. The number of amides is 1. The Morgan fingerprint density at radius 2 is 2.19 bits per heavy atom. The van der Waals surface area contributed by atoms with E-state index >= 15 is 0 Å². The van der Waals surface area contributed by atoms with Gasteiger partial charge < -0.3 is 9.72 Å². The number of hydrogen-bond donors (Lipinski definition) is 2. The number of nitrogens with zero attached hydrogens (tertiary/aromatic N) is 1. The number of allylic oxidation sites excluding steroid dienone is 3. The van der Waals surface area contributed by atoms with Gasteiger partial charge in [-0.2, -0.15) is 0 Å². The first kappa shape index (κ1) is 13.2. The topological polar surface area (TPSA) is 67.0 Å². The quantitative estimate of drug-likeness (QED) is 0.846. The van der Waals surface area contributed by atoms with Crippen molar-refractivity contribution >= 4 is 23.7 Å². The van der Waals surface area contributed by atoms with Gasteiger partial charge in [0.25, 0.3) is 0 Å². The summed E-state index contributed by atoms with van der Waals surface area (Å²) < 4.78 is 5.46. The highest BCUT2D eigenvalue weighted by Gasteiger charge is 2.15. The van der Waals surface area contributed by atoms with Crippen LogP contribution in [0.5, 0.6) is 0 Å². The Morgan fingerprint density at radius 1 is 1.33 bits per heavy atom. The van der Waals surface area contributed by atoms with Gasteiger partial charge in [0, 0.05) is 12.0 Å². The Morgan fingerprint density at radius 3 is 3.00 bits per heavy atom. The molecule has 0 saturated carbocycles. The lowest BCUT2D eigenvalue weighted by Crippen LogP contribution is -1.97. The molecule has 0 bridgehead atoms. The van der Waals surface area contributed by atoms with Crippen molar-refractivity contribution in [2.45, 2.75) is 6.42 Å². The van der Waals surface area contributed by atoms with Crippen LogP contribution < -0.4 is 5.32 Å². The summed E-state index contributed by atoms with van der Waals surface area (Å²) in [6, 6.07) is 8.15. The fraction of sp³-hybridized carbons (Fsp3) is 0.125. The van der Waals surface area contributed by atoms with Crippen LogP contribution in [0.15, 0.2) is 42.6 Å². The molecule has 5 heteroatoms. The number of methoxy groups -OCH3 is 1. The van der Waals surface area contributed by atoms with E-state index in [0.717, 1.165) is 29.0 Å². The highest BCUT2D eigenvalue weighted by atomic mass is 16.5. The average Bonchev–Trinajstić information content (AvgIpc) is 2.88. The van der Waals surface area contributed by atoms with E-state index in [0.29, 0.717) is 12.4 Å². The maximum Gasteiger partial charge on any atom is 0.213 e. The van der Waals surface area contributed by atoms with Crippen LogP contribution in [0.3, 0.4) is 0 Å². The van der Waals surface area contributed by atoms with E-state index < -0.39 is 0 Å². The number of nitrogens with one attached hydrogen (secondary N) is 2. The molecule has 0 spiro atoms. The Bertz CT molecular complexity index is 729. The standard InChI is InChI=1S/C16H15N3O2/c1-21-15-7-6-12(8-11-4-2-3-5-13(11)15)14-9-17-16(19-14)18-10-20/h2-7,9-10H,8H2,1H3,(H2,17,18,19,20). The van der Waals surface area contributed by atoms with Crippen molar-refractivity contribution < 1.29 is 9.53 Å². The second-order valence-corrected chi connectivity index (χ2v) is 4.67. The number of anilines is 1. The van der Waals surface area contributed by atoms with E-state index in [9.17, 15) is 4.79 Å². The second-order valence-electron chi connectivity index (χ2n) is 4.67. The van der Waals surface area contributed by atoms with E-state index in [1.807, 2.05) is 30.4 Å². The second kappa shape index (κ2) is 5.66. The Labute approximate surface area is 122 Å². The summed E-state index contributed by atoms with van der Waals surface area (Å²) >= 11 is 0. The molecule has 1 aliphatic rings. The third-order valence-electron chi connectivity index (χ3n) is 3.44. The van der Waals surface area contributed by atoms with Gasteiger partial charge >= 0.3 is 0 Å². The predicted octanol–water partition coefficient (Wildman–Crippen LogP) is 2.61. The highest BCUT2D eigenvalue weighted by molar-refractivity contribution is 5.77. The lowest BCUT2D eigenvalue weighted by Gasteiger charge is -2.10. The lowest BCUT2D eigenvalue weighted by molar-refractivity contribution is -0.105. The molecule has 1 amide bonds. The van der Waals surface area contributed by atoms with Crippen LogP contribution in [0.25, 0.3) is 11.3 Å². The van der Waals surface area contributed by atoms with Crippen molar-refractivity contribution in [1.82, 2.24) is 9.97 Å². The van der Waals surface area contributed by atoms with Gasteiger partial charge in [-0.3, -0.25) is 10.1 Å². The zero-order valence-corrected chi connectivity index (χ0v) is 11.6. The first-order valence-electron chi connectivity index (χ1n) is 6.60. The molecule has 1 aromatic heterocycles. The molecule has 0 radical (unpaired) electrons. The molecule has 0 unspecified atom stereocenters. The third-order valence-corrected chi connectivity index (χ3v) is 3.44. The number of carbonyl (C=O) groups excluding carboxylic acids is 1. The minimum atomic E-state index is 0.439. The molecule has 2 N–H and O–H groups in total. The van der Waals surface area contributed by atoms with E-state index in [-0.39, 0.29) is 0 Å². The number of imidazole rings is 1. The van der Waals surface area contributed by atoms with Gasteiger partial charge in [0.05, 0.1) is 19.0 Å². The zero-order chi connectivity index (χ0) is 14.7. The molecule has 5 nitrogen and oxygen atoms in total. The minimum Gasteiger partial charge on any atom is -0.496 e. The number of fused-ring (bicyclic) bond motifs is 1. The van der Waals surface area contributed by atoms with Gasteiger partial charge in [0.1, 0.15) is 5.76 Å². The fourth-order valence-electron chi connectivity index (χ4n) is 2.42. The molecule has 21 heavy (non-hydrogen) atoms. The third kappa shape index (κ3) is 2.58. The average molecular weight is 281 g/mol. The van der Waals surface area contributed by atoms with Gasteiger partial charge in [-0.25, -0.2) is 4.98 Å². The number of aromatic amines is 1. The fourth-order valence-corrected chi connectivity index (χ4v) is 2.42. The van der Waals surface area contributed by atoms with Crippen molar-refractivity contribution in [3.8, 4) is 0 Å². The van der Waals surface area contributed by atoms with E-state index in [1.54, 1.807) is 13.3 Å².